The van der Waals surface area contributed by atoms with Gasteiger partial charge in [-0.3, -0.25) is 0 Å². The average molecular weight is 781 g/mol. The minimum absolute atomic E-state index is 0.0856. The van der Waals surface area contributed by atoms with Crippen LogP contribution in [-0.4, -0.2) is 115 Å². The highest BCUT2D eigenvalue weighted by Crippen LogP contribution is 2.51. The Bertz CT molecular complexity index is 2240. The molecule has 2 aromatic carbocycles. The third-order valence-electron chi connectivity index (χ3n) is 10.9. The van der Waals surface area contributed by atoms with E-state index in [1.165, 1.54) is 24.3 Å². The first kappa shape index (κ1) is 39.8. The molecule has 2 aliphatic heterocycles. The van der Waals surface area contributed by atoms with Gasteiger partial charge in [-0.25, -0.2) is 9.59 Å². The number of ether oxygens (including phenoxy) is 4. The van der Waals surface area contributed by atoms with E-state index in [1.54, 1.807) is 30.3 Å². The summed E-state index contributed by atoms with van der Waals surface area (Å²) in [5, 5.41) is 83.9. The van der Waals surface area contributed by atoms with Gasteiger partial charge in [0.1, 0.15) is 71.5 Å². The predicted octanol–water partition coefficient (Wildman–Crippen LogP) is 0.800. The fourth-order valence-corrected chi connectivity index (χ4v) is 7.48. The molecular weight excluding hydrogens is 736 g/mol. The van der Waals surface area contributed by atoms with Crippen molar-refractivity contribution >= 4 is 28.0 Å². The number of hydrogen-bond acceptors (Lipinski definition) is 16. The molecule has 2 aromatic heterocycles. The lowest BCUT2D eigenvalue weighted by Crippen LogP contribution is -2.60. The van der Waals surface area contributed by atoms with E-state index in [0.29, 0.717) is 34.7 Å². The first-order valence-electron chi connectivity index (χ1n) is 18.2. The van der Waals surface area contributed by atoms with Crippen LogP contribution < -0.4 is 20.7 Å². The fourth-order valence-electron chi connectivity index (χ4n) is 7.48. The molecule has 12 atom stereocenters. The van der Waals surface area contributed by atoms with Crippen LogP contribution in [-0.2, 0) is 9.47 Å². The Kier molecular flexibility index (Phi) is 11.2. The van der Waals surface area contributed by atoms with E-state index in [9.17, 15) is 50.4 Å². The Balaban J connectivity index is 1.30. The molecule has 1 aliphatic carbocycles. The zero-order valence-electron chi connectivity index (χ0n) is 30.4. The Labute approximate surface area is 318 Å². The summed E-state index contributed by atoms with van der Waals surface area (Å²) in [6, 6.07) is 12.1. The third-order valence-corrected chi connectivity index (χ3v) is 10.9. The van der Waals surface area contributed by atoms with Gasteiger partial charge in [-0.2, -0.15) is 0 Å². The van der Waals surface area contributed by atoms with Crippen molar-refractivity contribution in [1.29, 1.82) is 0 Å². The smallest absolute Gasteiger partial charge is 0.336 e. The number of rotatable bonds is 9. The predicted molar refractivity (Wildman–Crippen MR) is 197 cm³/mol. The van der Waals surface area contributed by atoms with Gasteiger partial charge < -0.3 is 68.6 Å². The van der Waals surface area contributed by atoms with Gasteiger partial charge in [0, 0.05) is 52.1 Å². The topological polar surface area (TPSA) is 259 Å². The van der Waals surface area contributed by atoms with Crippen molar-refractivity contribution < 1.29 is 68.6 Å². The highest BCUT2D eigenvalue weighted by Gasteiger charge is 2.47. The zero-order valence-corrected chi connectivity index (χ0v) is 30.4. The first-order chi connectivity index (χ1) is 26.7. The second-order valence-electron chi connectivity index (χ2n) is 14.8. The molecule has 2 fully saturated rings. The van der Waals surface area contributed by atoms with Crippen LogP contribution in [0.3, 0.4) is 0 Å². The number of fused-ring (bicyclic) bond motifs is 2. The van der Waals surface area contributed by atoms with Gasteiger partial charge in [0.25, 0.3) is 0 Å². The molecule has 300 valence electrons. The minimum atomic E-state index is -1.71. The van der Waals surface area contributed by atoms with Crippen molar-refractivity contribution in [3.8, 4) is 11.5 Å². The number of aliphatic hydroxyl groups excluding tert-OH is 8. The molecule has 0 saturated carbocycles. The van der Waals surface area contributed by atoms with Crippen LogP contribution in [0.5, 0.6) is 11.5 Å². The van der Waals surface area contributed by atoms with E-state index in [-0.39, 0.29) is 22.7 Å². The van der Waals surface area contributed by atoms with Crippen molar-refractivity contribution in [3.63, 3.8) is 0 Å². The fraction of sp³-hybridized carbons (Fsp3) is 0.450. The van der Waals surface area contributed by atoms with Crippen molar-refractivity contribution in [2.75, 3.05) is 13.2 Å². The molecule has 3 aliphatic rings. The van der Waals surface area contributed by atoms with Crippen LogP contribution in [0, 0.1) is 5.41 Å². The zero-order chi connectivity index (χ0) is 40.1. The lowest BCUT2D eigenvalue weighted by atomic mass is 9.66. The quantitative estimate of drug-likeness (QED) is 0.0863. The van der Waals surface area contributed by atoms with Crippen LogP contribution in [0.1, 0.15) is 43.7 Å². The summed E-state index contributed by atoms with van der Waals surface area (Å²) >= 11 is 0. The second-order valence-corrected chi connectivity index (χ2v) is 14.8. The molecule has 4 heterocycles. The lowest BCUT2D eigenvalue weighted by Gasteiger charge is -2.41. The van der Waals surface area contributed by atoms with Crippen LogP contribution in [0.2, 0.25) is 0 Å². The normalized spacial score (nSPS) is 33.8. The molecule has 56 heavy (non-hydrogen) atoms. The molecular formula is C40H44O16. The van der Waals surface area contributed by atoms with Crippen molar-refractivity contribution in [2.45, 2.75) is 94.0 Å². The van der Waals surface area contributed by atoms with Crippen molar-refractivity contribution in [2.24, 2.45) is 5.41 Å². The Morgan fingerprint density at radius 1 is 0.714 bits per heavy atom. The van der Waals surface area contributed by atoms with Crippen LogP contribution in [0.4, 0.5) is 0 Å². The molecule has 0 unspecified atom stereocenters. The number of benzene rings is 2. The van der Waals surface area contributed by atoms with Gasteiger partial charge in [-0.15, -0.1) is 0 Å². The maximum Gasteiger partial charge on any atom is 0.336 e. The van der Waals surface area contributed by atoms with Gasteiger partial charge in [0.15, 0.2) is 0 Å². The third kappa shape index (κ3) is 7.65. The Morgan fingerprint density at radius 3 is 1.79 bits per heavy atom. The lowest BCUT2D eigenvalue weighted by molar-refractivity contribution is -0.277. The van der Waals surface area contributed by atoms with E-state index < -0.39 is 97.2 Å². The van der Waals surface area contributed by atoms with Crippen LogP contribution >= 0.6 is 0 Å². The van der Waals surface area contributed by atoms with E-state index in [4.69, 9.17) is 27.8 Å². The molecule has 2 saturated heterocycles. The van der Waals surface area contributed by atoms with Crippen molar-refractivity contribution in [1.82, 2.24) is 0 Å². The number of aliphatic hydroxyl groups is 8. The molecule has 4 aromatic rings. The molecule has 0 radical (unpaired) electrons. The van der Waals surface area contributed by atoms with E-state index in [0.717, 1.165) is 5.57 Å². The molecule has 16 heteroatoms. The molecule has 0 spiro atoms. The molecule has 16 nitrogen and oxygen atoms in total. The van der Waals surface area contributed by atoms with Gasteiger partial charge in [0.05, 0.1) is 13.2 Å². The molecule has 8 N–H and O–H groups in total. The standard InChI is InChI=1S/C40H44O16/c1-18-7-9-40(2,10-8-21-12-19-3-5-30(43)51-24(19)14-26(21)53-38-36(49)34(47)32(45)28(16-41)55-38)23(11-18)22-13-20-4-6-31(44)52-25(20)15-27(22)54-39-37(50)35(48)33(46)29(17-42)56-39/h3-6,8,10-15,23,28-29,32-39,41-42,45-50H,7,9,16-17H2,1-2H3/b10-8+/t23-,28+,29+,32+,33+,34-,35-,36+,37+,38+,39+,40+/m0/s1. The number of hydrogen-bond donors (Lipinski definition) is 8. The van der Waals surface area contributed by atoms with Gasteiger partial charge in [-0.05, 0) is 49.4 Å². The molecule has 0 amide bonds. The van der Waals surface area contributed by atoms with Gasteiger partial charge in [0.2, 0.25) is 12.6 Å². The van der Waals surface area contributed by atoms with E-state index >= 15 is 0 Å². The van der Waals surface area contributed by atoms with Gasteiger partial charge >= 0.3 is 11.3 Å². The summed E-state index contributed by atoms with van der Waals surface area (Å²) in [6.45, 7) is 2.67. The monoisotopic (exact) mass is 780 g/mol. The SMILES string of the molecule is CC1=C[C@@H](c2cc3ccc(=O)oc3cc2O[C@@H]2O[C@H](CO)[C@@H](O)[C@H](O)[C@H]2O)[C@@](C)(/C=C/c2cc3ccc(=O)oc3cc2O[C@@H]2O[C@H](CO)[C@@H](O)[C@H](O)[C@H]2O)CC1. The summed E-state index contributed by atoms with van der Waals surface area (Å²) in [6.07, 6.45) is -8.46. The van der Waals surface area contributed by atoms with E-state index in [2.05, 4.69) is 6.08 Å². The highest BCUT2D eigenvalue weighted by atomic mass is 16.7. The second kappa shape index (κ2) is 15.8. The van der Waals surface area contributed by atoms with Crippen molar-refractivity contribution in [3.05, 3.63) is 98.2 Å². The summed E-state index contributed by atoms with van der Waals surface area (Å²) in [5.74, 6) is -0.223. The Morgan fingerprint density at radius 2 is 1.23 bits per heavy atom. The highest BCUT2D eigenvalue weighted by molar-refractivity contribution is 5.83. The minimum Gasteiger partial charge on any atom is -0.462 e. The van der Waals surface area contributed by atoms with Crippen LogP contribution in [0.25, 0.3) is 28.0 Å². The maximum absolute atomic E-state index is 12.2. The number of allylic oxidation sites excluding steroid dienone is 3. The van der Waals surface area contributed by atoms with Gasteiger partial charge in [-0.1, -0.05) is 30.7 Å². The summed E-state index contributed by atoms with van der Waals surface area (Å²) in [7, 11) is 0. The largest absolute Gasteiger partial charge is 0.462 e. The molecule has 0 bridgehead atoms. The summed E-state index contributed by atoms with van der Waals surface area (Å²) in [5.41, 5.74) is 0.513. The van der Waals surface area contributed by atoms with Crippen LogP contribution in [0.15, 0.2) is 84.7 Å². The average Bonchev–Trinajstić information content (AvgIpc) is 3.18. The maximum atomic E-state index is 12.2. The first-order valence-corrected chi connectivity index (χ1v) is 18.2. The summed E-state index contributed by atoms with van der Waals surface area (Å²) in [4.78, 5) is 24.3. The molecule has 7 rings (SSSR count). The summed E-state index contributed by atoms with van der Waals surface area (Å²) < 4.78 is 34.4. The van der Waals surface area contributed by atoms with E-state index in [1.807, 2.05) is 19.9 Å². The Hall–Kier alpha value is -4.46.